The van der Waals surface area contributed by atoms with Gasteiger partial charge in [-0.1, -0.05) is 0 Å². The summed E-state index contributed by atoms with van der Waals surface area (Å²) in [7, 11) is 0. The van der Waals surface area contributed by atoms with Crippen LogP contribution in [0.4, 0.5) is 20.2 Å². The maximum atomic E-state index is 12.9. The van der Waals surface area contributed by atoms with Crippen LogP contribution in [-0.4, -0.2) is 13.2 Å². The molecular formula is C9H10F2N2O. The maximum Gasteiger partial charge on any atom is 0.161 e. The van der Waals surface area contributed by atoms with Crippen LogP contribution in [0.1, 0.15) is 6.42 Å². The summed E-state index contributed by atoms with van der Waals surface area (Å²) in [5.41, 5.74) is 6.12. The van der Waals surface area contributed by atoms with Gasteiger partial charge in [-0.15, -0.1) is 0 Å². The molecular weight excluding hydrogens is 190 g/mol. The molecule has 1 saturated heterocycles. The predicted octanol–water partition coefficient (Wildman–Crippen LogP) is 1.69. The molecule has 76 valence electrons. The van der Waals surface area contributed by atoms with Crippen LogP contribution in [0, 0.1) is 11.6 Å². The molecule has 2 rings (SSSR count). The van der Waals surface area contributed by atoms with Gasteiger partial charge < -0.3 is 5.73 Å². The maximum absolute atomic E-state index is 12.9. The molecule has 1 aromatic carbocycles. The van der Waals surface area contributed by atoms with Gasteiger partial charge in [0.2, 0.25) is 0 Å². The molecule has 0 atom stereocenters. The van der Waals surface area contributed by atoms with Crippen molar-refractivity contribution in [2.24, 2.45) is 0 Å². The van der Waals surface area contributed by atoms with Gasteiger partial charge in [-0.25, -0.2) is 8.78 Å². The van der Waals surface area contributed by atoms with Crippen molar-refractivity contribution in [1.82, 2.24) is 0 Å². The van der Waals surface area contributed by atoms with Crippen LogP contribution in [0.5, 0.6) is 0 Å². The number of halogens is 2. The number of nitrogens with zero attached hydrogens (tertiary/aromatic N) is 1. The number of anilines is 2. The highest BCUT2D eigenvalue weighted by atomic mass is 19.2. The third-order valence-electron chi connectivity index (χ3n) is 2.09. The molecule has 0 bridgehead atoms. The van der Waals surface area contributed by atoms with E-state index in [-0.39, 0.29) is 5.69 Å². The first kappa shape index (κ1) is 9.21. The first-order valence-electron chi connectivity index (χ1n) is 4.33. The zero-order chi connectivity index (χ0) is 10.1. The highest BCUT2D eigenvalue weighted by Gasteiger charge is 2.18. The third kappa shape index (κ3) is 1.50. The summed E-state index contributed by atoms with van der Waals surface area (Å²) in [4.78, 5) is 5.18. The Morgan fingerprint density at radius 3 is 2.64 bits per heavy atom. The van der Waals surface area contributed by atoms with Crippen molar-refractivity contribution in [3.8, 4) is 0 Å². The summed E-state index contributed by atoms with van der Waals surface area (Å²) < 4.78 is 25.6. The minimum Gasteiger partial charge on any atom is -0.397 e. The summed E-state index contributed by atoms with van der Waals surface area (Å²) in [6, 6.07) is 2.02. The molecule has 3 nitrogen and oxygen atoms in total. The van der Waals surface area contributed by atoms with Crippen molar-refractivity contribution in [3.63, 3.8) is 0 Å². The SMILES string of the molecule is Nc1cc(F)c(F)cc1N1CCCO1. The van der Waals surface area contributed by atoms with Gasteiger partial charge in [-0.05, 0) is 6.42 Å². The van der Waals surface area contributed by atoms with Gasteiger partial charge in [0, 0.05) is 18.7 Å². The van der Waals surface area contributed by atoms with Crippen LogP contribution < -0.4 is 10.8 Å². The smallest absolute Gasteiger partial charge is 0.161 e. The lowest BCUT2D eigenvalue weighted by Gasteiger charge is -2.18. The van der Waals surface area contributed by atoms with E-state index in [1.807, 2.05) is 0 Å². The zero-order valence-electron chi connectivity index (χ0n) is 7.46. The lowest BCUT2D eigenvalue weighted by molar-refractivity contribution is 0.168. The summed E-state index contributed by atoms with van der Waals surface area (Å²) in [6.07, 6.45) is 0.860. The van der Waals surface area contributed by atoms with Crippen molar-refractivity contribution in [2.45, 2.75) is 6.42 Å². The minimum absolute atomic E-state index is 0.186. The van der Waals surface area contributed by atoms with E-state index < -0.39 is 11.6 Å². The molecule has 0 aliphatic carbocycles. The Bertz CT molecular complexity index is 351. The van der Waals surface area contributed by atoms with Crippen LogP contribution in [0.15, 0.2) is 12.1 Å². The molecule has 0 saturated carbocycles. The van der Waals surface area contributed by atoms with Crippen LogP contribution >= 0.6 is 0 Å². The monoisotopic (exact) mass is 200 g/mol. The normalized spacial score (nSPS) is 16.3. The summed E-state index contributed by atoms with van der Waals surface area (Å²) >= 11 is 0. The molecule has 0 amide bonds. The van der Waals surface area contributed by atoms with Crippen LogP contribution in [0.25, 0.3) is 0 Å². The molecule has 0 spiro atoms. The molecule has 1 aromatic rings. The lowest BCUT2D eigenvalue weighted by atomic mass is 10.2. The first-order chi connectivity index (χ1) is 6.68. The fourth-order valence-electron chi connectivity index (χ4n) is 1.41. The summed E-state index contributed by atoms with van der Waals surface area (Å²) in [5.74, 6) is -1.85. The second-order valence-electron chi connectivity index (χ2n) is 3.11. The van der Waals surface area contributed by atoms with E-state index in [1.54, 1.807) is 0 Å². The summed E-state index contributed by atoms with van der Waals surface area (Å²) in [5, 5.41) is 1.48. The molecule has 5 heteroatoms. The molecule has 1 heterocycles. The van der Waals surface area contributed by atoms with Gasteiger partial charge in [0.25, 0.3) is 0 Å². The number of nitrogen functional groups attached to an aromatic ring is 1. The van der Waals surface area contributed by atoms with Gasteiger partial charge in [-0.2, -0.15) is 0 Å². The topological polar surface area (TPSA) is 38.5 Å². The van der Waals surface area contributed by atoms with Crippen molar-refractivity contribution in [1.29, 1.82) is 0 Å². The Balaban J connectivity index is 2.37. The van der Waals surface area contributed by atoms with E-state index in [4.69, 9.17) is 10.6 Å². The first-order valence-corrected chi connectivity index (χ1v) is 4.33. The zero-order valence-corrected chi connectivity index (χ0v) is 7.46. The Morgan fingerprint density at radius 2 is 2.00 bits per heavy atom. The van der Waals surface area contributed by atoms with Crippen molar-refractivity contribution >= 4 is 11.4 Å². The molecule has 0 aromatic heterocycles. The van der Waals surface area contributed by atoms with E-state index in [9.17, 15) is 8.78 Å². The fourth-order valence-corrected chi connectivity index (χ4v) is 1.41. The molecule has 0 unspecified atom stereocenters. The van der Waals surface area contributed by atoms with Crippen LogP contribution in [0.2, 0.25) is 0 Å². The number of rotatable bonds is 1. The molecule has 1 aliphatic rings. The highest BCUT2D eigenvalue weighted by molar-refractivity contribution is 5.66. The van der Waals surface area contributed by atoms with Gasteiger partial charge in [0.05, 0.1) is 18.0 Å². The second kappa shape index (κ2) is 3.42. The molecule has 1 aliphatic heterocycles. The number of hydrogen-bond acceptors (Lipinski definition) is 3. The van der Waals surface area contributed by atoms with E-state index >= 15 is 0 Å². The van der Waals surface area contributed by atoms with E-state index in [1.165, 1.54) is 5.06 Å². The van der Waals surface area contributed by atoms with Gasteiger partial charge >= 0.3 is 0 Å². The van der Waals surface area contributed by atoms with Gasteiger partial charge in [0.15, 0.2) is 11.6 Å². The largest absolute Gasteiger partial charge is 0.397 e. The Hall–Kier alpha value is -1.36. The Morgan fingerprint density at radius 1 is 1.29 bits per heavy atom. The summed E-state index contributed by atoms with van der Waals surface area (Å²) in [6.45, 7) is 1.23. The molecule has 1 fully saturated rings. The number of nitrogens with two attached hydrogens (primary N) is 1. The predicted molar refractivity (Wildman–Crippen MR) is 48.7 cm³/mol. The van der Waals surface area contributed by atoms with Crippen molar-refractivity contribution < 1.29 is 13.6 Å². The number of hydrogen-bond donors (Lipinski definition) is 1. The second-order valence-corrected chi connectivity index (χ2v) is 3.11. The Kier molecular flexibility index (Phi) is 2.25. The Labute approximate surface area is 80.0 Å². The van der Waals surface area contributed by atoms with E-state index in [2.05, 4.69) is 0 Å². The molecule has 14 heavy (non-hydrogen) atoms. The number of hydroxylamine groups is 1. The number of benzene rings is 1. The van der Waals surface area contributed by atoms with Crippen LogP contribution in [-0.2, 0) is 4.84 Å². The quantitative estimate of drug-likeness (QED) is 0.701. The van der Waals surface area contributed by atoms with Crippen molar-refractivity contribution in [3.05, 3.63) is 23.8 Å². The van der Waals surface area contributed by atoms with E-state index in [0.29, 0.717) is 18.8 Å². The highest BCUT2D eigenvalue weighted by Crippen LogP contribution is 2.28. The van der Waals surface area contributed by atoms with Gasteiger partial charge in [0.1, 0.15) is 0 Å². The van der Waals surface area contributed by atoms with Gasteiger partial charge in [-0.3, -0.25) is 9.90 Å². The minimum atomic E-state index is -0.939. The average Bonchev–Trinajstić information content (AvgIpc) is 2.64. The van der Waals surface area contributed by atoms with Crippen LogP contribution in [0.3, 0.4) is 0 Å². The van der Waals surface area contributed by atoms with E-state index in [0.717, 1.165) is 18.6 Å². The average molecular weight is 200 g/mol. The molecule has 2 N–H and O–H groups in total. The molecule has 0 radical (unpaired) electrons. The van der Waals surface area contributed by atoms with Crippen molar-refractivity contribution in [2.75, 3.05) is 23.9 Å². The fraction of sp³-hybridized carbons (Fsp3) is 0.333. The third-order valence-corrected chi connectivity index (χ3v) is 2.09. The lowest BCUT2D eigenvalue weighted by Crippen LogP contribution is -2.18. The standard InChI is InChI=1S/C9H10F2N2O/c10-6-4-8(12)9(5-7(6)11)13-2-1-3-14-13/h4-5H,1-3,12H2.